The van der Waals surface area contributed by atoms with Gasteiger partial charge in [0.25, 0.3) is 5.91 Å². The summed E-state index contributed by atoms with van der Waals surface area (Å²) in [5.41, 5.74) is 3.23. The summed E-state index contributed by atoms with van der Waals surface area (Å²) in [6.07, 6.45) is -0.430. The molecule has 0 bridgehead atoms. The number of rotatable bonds is 7. The zero-order valence-electron chi connectivity index (χ0n) is 22.6. The van der Waals surface area contributed by atoms with E-state index in [0.717, 1.165) is 23.1 Å². The average Bonchev–Trinajstić information content (AvgIpc) is 2.95. The molecule has 0 spiro atoms. The highest BCUT2D eigenvalue weighted by Gasteiger charge is 2.44. The number of carbonyl (C=O) groups is 1. The van der Waals surface area contributed by atoms with E-state index < -0.39 is 27.8 Å². The van der Waals surface area contributed by atoms with E-state index in [4.69, 9.17) is 4.74 Å². The summed E-state index contributed by atoms with van der Waals surface area (Å²) in [6.45, 7) is 5.38. The summed E-state index contributed by atoms with van der Waals surface area (Å²) < 4.78 is 35.3. The predicted octanol–water partition coefficient (Wildman–Crippen LogP) is 5.72. The molecule has 1 amide bonds. The second kappa shape index (κ2) is 10.9. The summed E-state index contributed by atoms with van der Waals surface area (Å²) in [5, 5.41) is 14.1. The van der Waals surface area contributed by atoms with Crippen LogP contribution in [0.15, 0.2) is 102 Å². The third-order valence-electron chi connectivity index (χ3n) is 7.16. The standard InChI is InChI=1S/C32H32N2O5S/c1-4-21-13-16-26(17-14-21)40(37,38)34-29-27-20-24(15-18-28(27)39-32(2,3)30(29)35)31(36)33-25-12-8-11-23(19-25)22-9-6-5-7-10-22/h5-20,29-30,34-35H,4H2,1-3H3,(H,33,36)/t29-,30+/m1/s1. The Morgan fingerprint density at radius 3 is 2.30 bits per heavy atom. The predicted molar refractivity (Wildman–Crippen MR) is 156 cm³/mol. The minimum atomic E-state index is -3.99. The summed E-state index contributed by atoms with van der Waals surface area (Å²) in [5.74, 6) is 0.0241. The van der Waals surface area contributed by atoms with Crippen molar-refractivity contribution in [3.05, 3.63) is 114 Å². The molecule has 0 unspecified atom stereocenters. The van der Waals surface area contributed by atoms with E-state index in [9.17, 15) is 18.3 Å². The van der Waals surface area contributed by atoms with Gasteiger partial charge in [-0.15, -0.1) is 0 Å². The Balaban J connectivity index is 1.44. The molecule has 2 atom stereocenters. The fraction of sp³-hybridized carbons (Fsp3) is 0.219. The number of benzene rings is 4. The molecule has 206 valence electrons. The maximum atomic E-state index is 13.3. The molecule has 4 aromatic carbocycles. The Bertz CT molecular complexity index is 1630. The number of ether oxygens (including phenoxy) is 1. The number of carbonyl (C=O) groups excluding carboxylic acids is 1. The average molecular weight is 557 g/mol. The first-order valence-electron chi connectivity index (χ1n) is 13.2. The first-order valence-corrected chi connectivity index (χ1v) is 14.6. The monoisotopic (exact) mass is 556 g/mol. The summed E-state index contributed by atoms with van der Waals surface area (Å²) in [7, 11) is -3.99. The Labute approximate surface area is 234 Å². The van der Waals surface area contributed by atoms with Crippen molar-refractivity contribution in [2.75, 3.05) is 5.32 Å². The van der Waals surface area contributed by atoms with Gasteiger partial charge < -0.3 is 15.2 Å². The van der Waals surface area contributed by atoms with Crippen molar-refractivity contribution >= 4 is 21.6 Å². The van der Waals surface area contributed by atoms with Crippen molar-refractivity contribution in [3.63, 3.8) is 0 Å². The number of fused-ring (bicyclic) bond motifs is 1. The number of hydrogen-bond acceptors (Lipinski definition) is 5. The van der Waals surface area contributed by atoms with Crippen LogP contribution in [0.4, 0.5) is 5.69 Å². The summed E-state index contributed by atoms with van der Waals surface area (Å²) in [4.78, 5) is 13.4. The number of aliphatic hydroxyl groups is 1. The highest BCUT2D eigenvalue weighted by Crippen LogP contribution is 2.41. The van der Waals surface area contributed by atoms with Crippen molar-refractivity contribution in [3.8, 4) is 16.9 Å². The molecule has 1 aliphatic heterocycles. The molecule has 0 saturated heterocycles. The zero-order valence-corrected chi connectivity index (χ0v) is 23.4. The number of aliphatic hydroxyl groups excluding tert-OH is 1. The second-order valence-electron chi connectivity index (χ2n) is 10.4. The fourth-order valence-electron chi connectivity index (χ4n) is 4.82. The van der Waals surface area contributed by atoms with E-state index in [0.29, 0.717) is 22.6 Å². The fourth-order valence-corrected chi connectivity index (χ4v) is 6.04. The van der Waals surface area contributed by atoms with Gasteiger partial charge >= 0.3 is 0 Å². The van der Waals surface area contributed by atoms with Crippen LogP contribution in [0.25, 0.3) is 11.1 Å². The maximum Gasteiger partial charge on any atom is 0.255 e. The summed E-state index contributed by atoms with van der Waals surface area (Å²) >= 11 is 0. The van der Waals surface area contributed by atoms with Gasteiger partial charge in [0.05, 0.1) is 10.9 Å². The third-order valence-corrected chi connectivity index (χ3v) is 8.62. The topological polar surface area (TPSA) is 105 Å². The van der Waals surface area contributed by atoms with E-state index in [-0.39, 0.29) is 10.8 Å². The third kappa shape index (κ3) is 5.65. The number of sulfonamides is 1. The van der Waals surface area contributed by atoms with E-state index in [1.807, 2.05) is 55.5 Å². The van der Waals surface area contributed by atoms with Crippen molar-refractivity contribution in [1.29, 1.82) is 0 Å². The molecule has 0 fully saturated rings. The van der Waals surface area contributed by atoms with Gasteiger partial charge in [-0.3, -0.25) is 4.79 Å². The van der Waals surface area contributed by atoms with Crippen molar-refractivity contribution in [2.24, 2.45) is 0 Å². The van der Waals surface area contributed by atoms with Crippen molar-refractivity contribution in [2.45, 2.75) is 49.8 Å². The first-order chi connectivity index (χ1) is 19.1. The number of anilines is 1. The van der Waals surface area contributed by atoms with Crippen LogP contribution in [-0.2, 0) is 16.4 Å². The minimum Gasteiger partial charge on any atom is -0.485 e. The van der Waals surface area contributed by atoms with Crippen LogP contribution in [0.1, 0.15) is 48.3 Å². The van der Waals surface area contributed by atoms with E-state index in [1.165, 1.54) is 0 Å². The van der Waals surface area contributed by atoms with E-state index in [2.05, 4.69) is 10.0 Å². The molecule has 40 heavy (non-hydrogen) atoms. The lowest BCUT2D eigenvalue weighted by atomic mass is 9.86. The van der Waals surface area contributed by atoms with Crippen LogP contribution in [0, 0.1) is 0 Å². The Hall–Kier alpha value is -3.98. The van der Waals surface area contributed by atoms with Crippen LogP contribution < -0.4 is 14.8 Å². The number of amides is 1. The molecule has 0 aromatic heterocycles. The SMILES string of the molecule is CCc1ccc(S(=O)(=O)N[C@@H]2c3cc(C(=O)Nc4cccc(-c5ccccc5)c4)ccc3OC(C)(C)[C@H]2O)cc1. The molecule has 1 heterocycles. The second-order valence-corrected chi connectivity index (χ2v) is 12.1. The van der Waals surface area contributed by atoms with E-state index >= 15 is 0 Å². The van der Waals surface area contributed by atoms with Crippen molar-refractivity contribution < 1.29 is 23.1 Å². The lowest BCUT2D eigenvalue weighted by molar-refractivity contribution is -0.0603. The number of aryl methyl sites for hydroxylation is 1. The lowest BCUT2D eigenvalue weighted by Gasteiger charge is -2.42. The van der Waals surface area contributed by atoms with E-state index in [1.54, 1.807) is 62.4 Å². The van der Waals surface area contributed by atoms with Gasteiger partial charge in [0, 0.05) is 16.8 Å². The van der Waals surface area contributed by atoms with Crippen LogP contribution in [0.2, 0.25) is 0 Å². The van der Waals surface area contributed by atoms with Crippen LogP contribution in [-0.4, -0.2) is 31.1 Å². The highest BCUT2D eigenvalue weighted by atomic mass is 32.2. The smallest absolute Gasteiger partial charge is 0.255 e. The van der Waals surface area contributed by atoms with Gasteiger partial charge in [-0.05, 0) is 79.4 Å². The molecule has 8 heteroatoms. The zero-order chi connectivity index (χ0) is 28.5. The molecule has 4 aromatic rings. The largest absolute Gasteiger partial charge is 0.485 e. The quantitative estimate of drug-likeness (QED) is 0.270. The van der Waals surface area contributed by atoms with Gasteiger partial charge in [0.1, 0.15) is 17.5 Å². The molecular formula is C32H32N2O5S. The van der Waals surface area contributed by atoms with Crippen LogP contribution in [0.5, 0.6) is 5.75 Å². The first kappa shape index (κ1) is 27.6. The lowest BCUT2D eigenvalue weighted by Crippen LogP contribution is -2.53. The number of hydrogen-bond donors (Lipinski definition) is 3. The molecule has 7 nitrogen and oxygen atoms in total. The van der Waals surface area contributed by atoms with Gasteiger partial charge in [0.2, 0.25) is 10.0 Å². The molecule has 1 aliphatic rings. The van der Waals surface area contributed by atoms with Crippen LogP contribution >= 0.6 is 0 Å². The molecular weight excluding hydrogens is 524 g/mol. The normalized spacial score (nSPS) is 17.9. The summed E-state index contributed by atoms with van der Waals surface area (Å²) in [6, 6.07) is 27.8. The van der Waals surface area contributed by atoms with Crippen LogP contribution in [0.3, 0.4) is 0 Å². The van der Waals surface area contributed by atoms with Crippen molar-refractivity contribution in [1.82, 2.24) is 4.72 Å². The Morgan fingerprint density at radius 1 is 0.900 bits per heavy atom. The highest BCUT2D eigenvalue weighted by molar-refractivity contribution is 7.89. The minimum absolute atomic E-state index is 0.0925. The molecule has 0 saturated carbocycles. The van der Waals surface area contributed by atoms with Gasteiger partial charge in [-0.2, -0.15) is 0 Å². The molecule has 5 rings (SSSR count). The maximum absolute atomic E-state index is 13.3. The molecule has 0 radical (unpaired) electrons. The van der Waals surface area contributed by atoms with Gasteiger partial charge in [0.15, 0.2) is 0 Å². The van der Waals surface area contributed by atoms with Gasteiger partial charge in [-0.25, -0.2) is 13.1 Å². The Morgan fingerprint density at radius 2 is 1.60 bits per heavy atom. The number of nitrogens with one attached hydrogen (secondary N) is 2. The Kier molecular flexibility index (Phi) is 7.51. The molecule has 0 aliphatic carbocycles. The van der Waals surface area contributed by atoms with Gasteiger partial charge in [-0.1, -0.05) is 61.5 Å². The molecule has 3 N–H and O–H groups in total.